The normalized spacial score (nSPS) is 11.1. The molecule has 0 unspecified atom stereocenters. The summed E-state index contributed by atoms with van der Waals surface area (Å²) in [6.45, 7) is 0. The molecule has 0 amide bonds. The summed E-state index contributed by atoms with van der Waals surface area (Å²) in [5, 5.41) is 2.21. The molecule has 0 radical (unpaired) electrons. The van der Waals surface area contributed by atoms with E-state index in [4.69, 9.17) is 34.8 Å². The Balaban J connectivity index is 3.00. The number of aromatic amines is 1. The third-order valence-electron chi connectivity index (χ3n) is 1.75. The van der Waals surface area contributed by atoms with Crippen LogP contribution in [-0.4, -0.2) is 4.98 Å². The third-order valence-corrected chi connectivity index (χ3v) is 3.48. The van der Waals surface area contributed by atoms with Gasteiger partial charge in [0.2, 0.25) is 0 Å². The fourth-order valence-electron chi connectivity index (χ4n) is 1.16. The largest absolute Gasteiger partial charge is 0.343 e. The second kappa shape index (κ2) is 3.35. The quantitative estimate of drug-likeness (QED) is 0.713. The maximum absolute atomic E-state index is 5.96. The van der Waals surface area contributed by atoms with Gasteiger partial charge in [0.05, 0.1) is 15.6 Å². The Bertz CT molecular complexity index is 478. The first-order valence-corrected chi connectivity index (χ1v) is 5.34. The summed E-state index contributed by atoms with van der Waals surface area (Å²) in [6.07, 6.45) is 0. The molecule has 0 bridgehead atoms. The van der Waals surface area contributed by atoms with E-state index in [-0.39, 0.29) is 0 Å². The average molecular weight is 299 g/mol. The molecule has 0 aliphatic heterocycles. The van der Waals surface area contributed by atoms with Crippen molar-refractivity contribution in [2.45, 2.75) is 0 Å². The van der Waals surface area contributed by atoms with Crippen LogP contribution in [0.4, 0.5) is 0 Å². The van der Waals surface area contributed by atoms with E-state index in [0.717, 1.165) is 15.4 Å². The van der Waals surface area contributed by atoms with Crippen LogP contribution in [0.3, 0.4) is 0 Å². The van der Waals surface area contributed by atoms with Crippen molar-refractivity contribution in [2.24, 2.45) is 0 Å². The van der Waals surface area contributed by atoms with Crippen molar-refractivity contribution in [3.05, 3.63) is 31.8 Å². The van der Waals surface area contributed by atoms with Gasteiger partial charge in [-0.1, -0.05) is 34.8 Å². The molecule has 0 saturated carbocycles. The van der Waals surface area contributed by atoms with Crippen LogP contribution in [0.15, 0.2) is 16.6 Å². The van der Waals surface area contributed by atoms with Gasteiger partial charge in [0.15, 0.2) is 0 Å². The average Bonchev–Trinajstić information content (AvgIpc) is 2.38. The van der Waals surface area contributed by atoms with Crippen molar-refractivity contribution in [1.29, 1.82) is 0 Å². The second-order valence-electron chi connectivity index (χ2n) is 2.53. The standard InChI is InChI=1S/C8H3BrCl3N/c9-3-1-2-4(10)5-6(11)8(12)13-7(3)5/h1-2,13H. The predicted octanol–water partition coefficient (Wildman–Crippen LogP) is 4.89. The van der Waals surface area contributed by atoms with Crippen LogP contribution in [0.5, 0.6) is 0 Å². The van der Waals surface area contributed by atoms with E-state index in [0.29, 0.717) is 15.2 Å². The van der Waals surface area contributed by atoms with E-state index in [2.05, 4.69) is 20.9 Å². The fourth-order valence-corrected chi connectivity index (χ4v) is 2.33. The van der Waals surface area contributed by atoms with Gasteiger partial charge in [0, 0.05) is 9.86 Å². The molecular formula is C8H3BrCl3N. The molecule has 0 saturated heterocycles. The first kappa shape index (κ1) is 9.66. The number of H-pyrrole nitrogens is 1. The molecule has 2 rings (SSSR count). The molecule has 1 aromatic heterocycles. The fraction of sp³-hybridized carbons (Fsp3) is 0. The van der Waals surface area contributed by atoms with Crippen molar-refractivity contribution in [3.63, 3.8) is 0 Å². The van der Waals surface area contributed by atoms with Crippen molar-refractivity contribution in [3.8, 4) is 0 Å². The smallest absolute Gasteiger partial charge is 0.126 e. The number of benzene rings is 1. The number of nitrogens with one attached hydrogen (secondary N) is 1. The highest BCUT2D eigenvalue weighted by atomic mass is 79.9. The van der Waals surface area contributed by atoms with Crippen LogP contribution in [0, 0.1) is 0 Å². The topological polar surface area (TPSA) is 15.8 Å². The highest BCUT2D eigenvalue weighted by Gasteiger charge is 2.12. The Kier molecular flexibility index (Phi) is 2.49. The summed E-state index contributed by atoms with van der Waals surface area (Å²) in [5.74, 6) is 0. The van der Waals surface area contributed by atoms with Gasteiger partial charge in [-0.05, 0) is 28.1 Å². The molecule has 1 nitrogen and oxygen atoms in total. The Morgan fingerprint density at radius 3 is 2.46 bits per heavy atom. The van der Waals surface area contributed by atoms with Crippen LogP contribution >= 0.6 is 50.7 Å². The summed E-state index contributed by atoms with van der Waals surface area (Å²) < 4.78 is 0.890. The van der Waals surface area contributed by atoms with Gasteiger partial charge >= 0.3 is 0 Å². The monoisotopic (exact) mass is 297 g/mol. The second-order valence-corrected chi connectivity index (χ2v) is 4.55. The van der Waals surface area contributed by atoms with Crippen molar-refractivity contribution >= 4 is 61.6 Å². The summed E-state index contributed by atoms with van der Waals surface area (Å²) in [4.78, 5) is 2.94. The van der Waals surface area contributed by atoms with Crippen LogP contribution in [0.1, 0.15) is 0 Å². The minimum Gasteiger partial charge on any atom is -0.343 e. The number of rotatable bonds is 0. The number of hydrogen-bond donors (Lipinski definition) is 1. The molecule has 0 atom stereocenters. The molecule has 1 heterocycles. The molecule has 13 heavy (non-hydrogen) atoms. The van der Waals surface area contributed by atoms with Crippen molar-refractivity contribution < 1.29 is 0 Å². The zero-order valence-corrected chi connectivity index (χ0v) is 10.0. The van der Waals surface area contributed by atoms with E-state index >= 15 is 0 Å². The third kappa shape index (κ3) is 1.46. The molecule has 5 heteroatoms. The van der Waals surface area contributed by atoms with Gasteiger partial charge in [-0.3, -0.25) is 0 Å². The van der Waals surface area contributed by atoms with Gasteiger partial charge in [-0.15, -0.1) is 0 Å². The molecule has 1 aromatic carbocycles. The van der Waals surface area contributed by atoms with Crippen LogP contribution in [0.25, 0.3) is 10.9 Å². The Labute approximate surface area is 98.1 Å². The molecule has 68 valence electrons. The molecular weight excluding hydrogens is 296 g/mol. The van der Waals surface area contributed by atoms with Crippen LogP contribution in [-0.2, 0) is 0 Å². The van der Waals surface area contributed by atoms with E-state index in [1.165, 1.54) is 0 Å². The van der Waals surface area contributed by atoms with Gasteiger partial charge in [0.1, 0.15) is 5.15 Å². The highest BCUT2D eigenvalue weighted by Crippen LogP contribution is 2.38. The van der Waals surface area contributed by atoms with Gasteiger partial charge in [0.25, 0.3) is 0 Å². The summed E-state index contributed by atoms with van der Waals surface area (Å²) in [5.41, 5.74) is 0.822. The van der Waals surface area contributed by atoms with Crippen molar-refractivity contribution in [1.82, 2.24) is 4.98 Å². The van der Waals surface area contributed by atoms with Gasteiger partial charge in [-0.25, -0.2) is 0 Å². The van der Waals surface area contributed by atoms with E-state index in [1.54, 1.807) is 6.07 Å². The summed E-state index contributed by atoms with van der Waals surface area (Å²) in [7, 11) is 0. The molecule has 0 fully saturated rings. The lowest BCUT2D eigenvalue weighted by molar-refractivity contribution is 1.46. The molecule has 0 aliphatic carbocycles. The number of hydrogen-bond acceptors (Lipinski definition) is 0. The Morgan fingerprint density at radius 2 is 1.85 bits per heavy atom. The van der Waals surface area contributed by atoms with Crippen molar-refractivity contribution in [2.75, 3.05) is 0 Å². The summed E-state index contributed by atoms with van der Waals surface area (Å²) in [6, 6.07) is 3.61. The minimum atomic E-state index is 0.408. The van der Waals surface area contributed by atoms with E-state index in [1.807, 2.05) is 6.07 Å². The number of aromatic nitrogens is 1. The van der Waals surface area contributed by atoms with E-state index in [9.17, 15) is 0 Å². The maximum atomic E-state index is 5.96. The van der Waals surface area contributed by atoms with E-state index < -0.39 is 0 Å². The lowest BCUT2D eigenvalue weighted by atomic mass is 10.2. The first-order valence-electron chi connectivity index (χ1n) is 3.42. The van der Waals surface area contributed by atoms with Crippen LogP contribution < -0.4 is 0 Å². The number of fused-ring (bicyclic) bond motifs is 1. The molecule has 0 spiro atoms. The SMILES string of the molecule is Clc1[nH]c2c(Br)ccc(Cl)c2c1Cl. The first-order chi connectivity index (χ1) is 6.11. The molecule has 1 N–H and O–H groups in total. The predicted molar refractivity (Wildman–Crippen MR) is 61.0 cm³/mol. The van der Waals surface area contributed by atoms with Gasteiger partial charge in [-0.2, -0.15) is 0 Å². The minimum absolute atomic E-state index is 0.408. The Morgan fingerprint density at radius 1 is 1.15 bits per heavy atom. The number of halogens is 4. The highest BCUT2D eigenvalue weighted by molar-refractivity contribution is 9.10. The zero-order chi connectivity index (χ0) is 9.59. The maximum Gasteiger partial charge on any atom is 0.126 e. The lowest BCUT2D eigenvalue weighted by Crippen LogP contribution is -1.72. The summed E-state index contributed by atoms with van der Waals surface area (Å²) >= 11 is 21.1. The lowest BCUT2D eigenvalue weighted by Gasteiger charge is -1.96. The zero-order valence-electron chi connectivity index (χ0n) is 6.17. The Hall–Kier alpha value is 0.110. The van der Waals surface area contributed by atoms with Crippen LogP contribution in [0.2, 0.25) is 15.2 Å². The molecule has 2 aromatic rings. The van der Waals surface area contributed by atoms with Gasteiger partial charge < -0.3 is 4.98 Å². The molecule has 0 aliphatic rings.